The van der Waals surface area contributed by atoms with E-state index < -0.39 is 0 Å². The van der Waals surface area contributed by atoms with Gasteiger partial charge in [-0.3, -0.25) is 0 Å². The predicted molar refractivity (Wildman–Crippen MR) is 131 cm³/mol. The highest BCUT2D eigenvalue weighted by atomic mass is 35.5. The van der Waals surface area contributed by atoms with E-state index in [-0.39, 0.29) is 0 Å². The van der Waals surface area contributed by atoms with Crippen LogP contribution in [-0.2, 0) is 13.0 Å². The fraction of sp³-hybridized carbons (Fsp3) is 0.120. The zero-order valence-corrected chi connectivity index (χ0v) is 18.2. The second-order valence-corrected chi connectivity index (χ2v) is 7.99. The number of aromatic nitrogens is 4. The van der Waals surface area contributed by atoms with Gasteiger partial charge >= 0.3 is 0 Å². The van der Waals surface area contributed by atoms with Gasteiger partial charge in [0, 0.05) is 46.8 Å². The van der Waals surface area contributed by atoms with Crippen LogP contribution in [-0.4, -0.2) is 26.5 Å². The van der Waals surface area contributed by atoms with E-state index in [0.717, 1.165) is 46.8 Å². The van der Waals surface area contributed by atoms with Gasteiger partial charge < -0.3 is 20.6 Å². The third-order valence-corrected chi connectivity index (χ3v) is 5.47. The molecule has 5 rings (SSSR count). The van der Waals surface area contributed by atoms with Crippen LogP contribution >= 0.6 is 11.6 Å². The lowest BCUT2D eigenvalue weighted by molar-refractivity contribution is 0.969. The van der Waals surface area contributed by atoms with Crippen LogP contribution in [0.15, 0.2) is 79.0 Å². The van der Waals surface area contributed by atoms with Gasteiger partial charge in [-0.05, 0) is 36.4 Å². The molecule has 0 atom stereocenters. The fourth-order valence-corrected chi connectivity index (χ4v) is 3.83. The predicted octanol–water partition coefficient (Wildman–Crippen LogP) is 5.87. The number of nitrogens with zero attached hydrogens (tertiary/aromatic N) is 2. The second kappa shape index (κ2) is 9.16. The summed E-state index contributed by atoms with van der Waals surface area (Å²) in [6, 6.07) is 23.9. The first-order valence-electron chi connectivity index (χ1n) is 10.6. The minimum atomic E-state index is 0.624. The number of halogens is 1. The van der Waals surface area contributed by atoms with Gasteiger partial charge in [-0.25, -0.2) is 9.97 Å². The van der Waals surface area contributed by atoms with E-state index in [4.69, 9.17) is 21.6 Å². The van der Waals surface area contributed by atoms with Crippen LogP contribution in [0.4, 0.5) is 11.5 Å². The maximum atomic E-state index is 6.10. The summed E-state index contributed by atoms with van der Waals surface area (Å²) < 4.78 is 0. The number of hydrogen-bond acceptors (Lipinski definition) is 4. The maximum absolute atomic E-state index is 6.10. The Bertz CT molecular complexity index is 1310. The minimum absolute atomic E-state index is 0.624. The Morgan fingerprint density at radius 3 is 2.56 bits per heavy atom. The molecule has 0 radical (unpaired) electrons. The summed E-state index contributed by atoms with van der Waals surface area (Å²) in [5, 5.41) is 8.58. The van der Waals surface area contributed by atoms with Crippen LogP contribution in [0.1, 0.15) is 11.4 Å². The highest BCUT2D eigenvalue weighted by Crippen LogP contribution is 2.26. The topological polar surface area (TPSA) is 81.4 Å². The molecule has 2 aromatic carbocycles. The molecule has 0 amide bonds. The largest absolute Gasteiger partial charge is 0.379 e. The molecule has 4 N–H and O–H groups in total. The first kappa shape index (κ1) is 20.2. The molecule has 0 fully saturated rings. The van der Waals surface area contributed by atoms with E-state index in [0.29, 0.717) is 17.4 Å². The Labute approximate surface area is 191 Å². The summed E-state index contributed by atoms with van der Waals surface area (Å²) in [7, 11) is 0. The van der Waals surface area contributed by atoms with Crippen molar-refractivity contribution in [3.05, 3.63) is 95.4 Å². The zero-order chi connectivity index (χ0) is 21.8. The van der Waals surface area contributed by atoms with Crippen molar-refractivity contribution in [1.82, 2.24) is 19.9 Å². The molecule has 32 heavy (non-hydrogen) atoms. The average Bonchev–Trinajstić information content (AvgIpc) is 3.48. The molecule has 3 aromatic heterocycles. The SMILES string of the molecule is Clc1cccc(NCc2cc3c(NCCc4ccc[nH]4)nc(-c4ccccc4)nc3[nH]2)c1. The molecule has 0 aliphatic rings. The van der Waals surface area contributed by atoms with Crippen molar-refractivity contribution in [1.29, 1.82) is 0 Å². The van der Waals surface area contributed by atoms with Gasteiger partial charge in [0.2, 0.25) is 0 Å². The summed E-state index contributed by atoms with van der Waals surface area (Å²) in [5.41, 5.74) is 4.97. The van der Waals surface area contributed by atoms with Crippen LogP contribution in [0, 0.1) is 0 Å². The van der Waals surface area contributed by atoms with Gasteiger partial charge in [0.05, 0.1) is 11.9 Å². The van der Waals surface area contributed by atoms with Crippen molar-refractivity contribution in [2.24, 2.45) is 0 Å². The van der Waals surface area contributed by atoms with Crippen LogP contribution < -0.4 is 10.6 Å². The first-order valence-corrected chi connectivity index (χ1v) is 10.9. The maximum Gasteiger partial charge on any atom is 0.163 e. The summed E-state index contributed by atoms with van der Waals surface area (Å²) >= 11 is 6.10. The van der Waals surface area contributed by atoms with Gasteiger partial charge in [0.25, 0.3) is 0 Å². The summed E-state index contributed by atoms with van der Waals surface area (Å²) in [5.74, 6) is 1.52. The number of rotatable bonds is 8. The lowest BCUT2D eigenvalue weighted by Gasteiger charge is -2.08. The molecule has 160 valence electrons. The Balaban J connectivity index is 1.43. The molecule has 5 aromatic rings. The molecule has 0 aliphatic heterocycles. The molecule has 6 nitrogen and oxygen atoms in total. The lowest BCUT2D eigenvalue weighted by Crippen LogP contribution is -2.08. The smallest absolute Gasteiger partial charge is 0.163 e. The van der Waals surface area contributed by atoms with Crippen molar-refractivity contribution in [3.63, 3.8) is 0 Å². The third kappa shape index (κ3) is 4.60. The molecule has 0 spiro atoms. The van der Waals surface area contributed by atoms with E-state index in [1.165, 1.54) is 5.69 Å². The second-order valence-electron chi connectivity index (χ2n) is 7.55. The number of hydrogen-bond donors (Lipinski definition) is 4. The van der Waals surface area contributed by atoms with Crippen LogP contribution in [0.25, 0.3) is 22.4 Å². The van der Waals surface area contributed by atoms with Crippen molar-refractivity contribution in [2.45, 2.75) is 13.0 Å². The minimum Gasteiger partial charge on any atom is -0.379 e. The van der Waals surface area contributed by atoms with Crippen molar-refractivity contribution in [3.8, 4) is 11.4 Å². The van der Waals surface area contributed by atoms with Crippen LogP contribution in [0.3, 0.4) is 0 Å². The van der Waals surface area contributed by atoms with Crippen molar-refractivity contribution in [2.75, 3.05) is 17.2 Å². The van der Waals surface area contributed by atoms with E-state index in [2.05, 4.69) is 32.7 Å². The Morgan fingerprint density at radius 1 is 0.844 bits per heavy atom. The number of anilines is 2. The fourth-order valence-electron chi connectivity index (χ4n) is 3.64. The quantitative estimate of drug-likeness (QED) is 0.242. The van der Waals surface area contributed by atoms with Crippen LogP contribution in [0.2, 0.25) is 5.02 Å². The standard InChI is InChI=1S/C25H23ClN6/c26-18-8-4-9-20(14-18)29-16-21-15-22-24(28-13-11-19-10-5-12-27-19)31-23(32-25(22)30-21)17-6-2-1-3-7-17/h1-10,12,14-15,27,29H,11,13,16H2,(H2,28,30,31,32). The van der Waals surface area contributed by atoms with Gasteiger partial charge in [-0.1, -0.05) is 48.0 Å². The average molecular weight is 443 g/mol. The number of nitrogens with one attached hydrogen (secondary N) is 4. The van der Waals surface area contributed by atoms with E-state index in [1.54, 1.807) is 0 Å². The molecule has 0 unspecified atom stereocenters. The molecule has 0 saturated heterocycles. The highest BCUT2D eigenvalue weighted by Gasteiger charge is 2.13. The molecule has 7 heteroatoms. The summed E-state index contributed by atoms with van der Waals surface area (Å²) in [6.07, 6.45) is 2.82. The number of fused-ring (bicyclic) bond motifs is 1. The van der Waals surface area contributed by atoms with Gasteiger partial charge in [-0.15, -0.1) is 0 Å². The third-order valence-electron chi connectivity index (χ3n) is 5.23. The Hall–Kier alpha value is -3.77. The molecule has 3 heterocycles. The lowest BCUT2D eigenvalue weighted by atomic mass is 10.2. The number of aromatic amines is 2. The van der Waals surface area contributed by atoms with Gasteiger partial charge in [0.1, 0.15) is 11.5 Å². The Kier molecular flexibility index (Phi) is 5.77. The molecule has 0 bridgehead atoms. The van der Waals surface area contributed by atoms with Crippen molar-refractivity contribution >= 4 is 34.1 Å². The van der Waals surface area contributed by atoms with Crippen LogP contribution in [0.5, 0.6) is 0 Å². The summed E-state index contributed by atoms with van der Waals surface area (Å²) in [4.78, 5) is 16.3. The van der Waals surface area contributed by atoms with E-state index in [9.17, 15) is 0 Å². The molecule has 0 aliphatic carbocycles. The van der Waals surface area contributed by atoms with Crippen molar-refractivity contribution < 1.29 is 0 Å². The number of benzene rings is 2. The summed E-state index contributed by atoms with van der Waals surface area (Å²) in [6.45, 7) is 1.39. The normalized spacial score (nSPS) is 11.0. The van der Waals surface area contributed by atoms with E-state index in [1.807, 2.05) is 66.9 Å². The molecular formula is C25H23ClN6. The molecule has 0 saturated carbocycles. The van der Waals surface area contributed by atoms with Gasteiger partial charge in [-0.2, -0.15) is 0 Å². The molecular weight excluding hydrogens is 420 g/mol. The zero-order valence-electron chi connectivity index (χ0n) is 17.4. The van der Waals surface area contributed by atoms with E-state index >= 15 is 0 Å². The monoisotopic (exact) mass is 442 g/mol. The first-order chi connectivity index (χ1) is 15.7. The number of H-pyrrole nitrogens is 2. The highest BCUT2D eigenvalue weighted by molar-refractivity contribution is 6.30. The van der Waals surface area contributed by atoms with Gasteiger partial charge in [0.15, 0.2) is 5.82 Å². The Morgan fingerprint density at radius 2 is 1.75 bits per heavy atom.